The van der Waals surface area contributed by atoms with Gasteiger partial charge in [0.25, 0.3) is 0 Å². The van der Waals surface area contributed by atoms with Crippen molar-refractivity contribution in [3.05, 3.63) is 29.8 Å². The van der Waals surface area contributed by atoms with E-state index in [-0.39, 0.29) is 29.7 Å². The second-order valence-corrected chi connectivity index (χ2v) is 8.39. The summed E-state index contributed by atoms with van der Waals surface area (Å²) in [6, 6.07) is 8.47. The van der Waals surface area contributed by atoms with Crippen LogP contribution in [-0.4, -0.2) is 68.6 Å². The van der Waals surface area contributed by atoms with E-state index in [1.807, 2.05) is 9.80 Å². The molecule has 1 aromatic carbocycles. The number of carbonyl (C=O) groups excluding carboxylic acids is 2. The number of amides is 2. The second-order valence-electron chi connectivity index (χ2n) is 8.39. The standard InChI is InChI=1S/C22H31N3O3/c1-23-14-17-15-24(12-13-28-2)20(26)10-11-25(22(27)16-6-5-7-16)21(17)18-8-3-4-9-19(18)23/h3-4,8-9,16-17,21H,5-7,10-15H2,1-2H3/t17-,21-/m1/s1. The summed E-state index contributed by atoms with van der Waals surface area (Å²) in [7, 11) is 3.77. The van der Waals surface area contributed by atoms with Gasteiger partial charge in [0, 0.05) is 64.3 Å². The molecule has 1 aliphatic carbocycles. The molecule has 0 bridgehead atoms. The molecule has 3 aliphatic rings. The molecule has 6 nitrogen and oxygen atoms in total. The first-order valence-electron chi connectivity index (χ1n) is 10.5. The Bertz CT molecular complexity index is 733. The minimum absolute atomic E-state index is 0.0404. The zero-order valence-electron chi connectivity index (χ0n) is 17.0. The summed E-state index contributed by atoms with van der Waals surface area (Å²) in [5, 5.41) is 0. The van der Waals surface area contributed by atoms with E-state index in [1.54, 1.807) is 7.11 Å². The van der Waals surface area contributed by atoms with Crippen molar-refractivity contribution in [3.63, 3.8) is 0 Å². The van der Waals surface area contributed by atoms with Crippen molar-refractivity contribution in [3.8, 4) is 0 Å². The lowest BCUT2D eigenvalue weighted by atomic mass is 9.80. The van der Waals surface area contributed by atoms with Crippen LogP contribution in [0, 0.1) is 11.8 Å². The zero-order chi connectivity index (χ0) is 19.7. The van der Waals surface area contributed by atoms with Crippen LogP contribution in [-0.2, 0) is 14.3 Å². The Balaban J connectivity index is 1.70. The van der Waals surface area contributed by atoms with Gasteiger partial charge in [-0.2, -0.15) is 0 Å². The quantitative estimate of drug-likeness (QED) is 0.798. The third-order valence-corrected chi connectivity index (χ3v) is 6.63. The number of methoxy groups -OCH3 is 1. The summed E-state index contributed by atoms with van der Waals surface area (Å²) in [4.78, 5) is 32.4. The van der Waals surface area contributed by atoms with E-state index >= 15 is 0 Å². The van der Waals surface area contributed by atoms with Crippen molar-refractivity contribution in [1.82, 2.24) is 9.80 Å². The van der Waals surface area contributed by atoms with Crippen LogP contribution < -0.4 is 4.90 Å². The Morgan fingerprint density at radius 3 is 2.71 bits per heavy atom. The molecule has 6 heteroatoms. The van der Waals surface area contributed by atoms with Crippen molar-refractivity contribution >= 4 is 17.5 Å². The topological polar surface area (TPSA) is 53.1 Å². The molecular weight excluding hydrogens is 354 g/mol. The van der Waals surface area contributed by atoms with Gasteiger partial charge in [0.05, 0.1) is 12.6 Å². The Kier molecular flexibility index (Phi) is 5.58. The first-order valence-corrected chi connectivity index (χ1v) is 10.5. The highest BCUT2D eigenvalue weighted by Gasteiger charge is 2.43. The third kappa shape index (κ3) is 3.50. The lowest BCUT2D eigenvalue weighted by Crippen LogP contribution is -2.54. The number of para-hydroxylation sites is 1. The SMILES string of the molecule is COCCN1C[C@H]2CN(C)c3ccccc3[C@@H]2N(C(=O)C2CCC2)CCC1=O. The number of ether oxygens (including phenoxy) is 1. The van der Waals surface area contributed by atoms with E-state index in [0.717, 1.165) is 25.8 Å². The van der Waals surface area contributed by atoms with Crippen LogP contribution in [0.4, 0.5) is 5.69 Å². The van der Waals surface area contributed by atoms with Crippen LogP contribution in [0.3, 0.4) is 0 Å². The molecule has 1 aromatic rings. The molecule has 2 aliphatic heterocycles. The molecular formula is C22H31N3O3. The molecule has 2 fully saturated rings. The highest BCUT2D eigenvalue weighted by atomic mass is 16.5. The van der Waals surface area contributed by atoms with Gasteiger partial charge in [-0.15, -0.1) is 0 Å². The summed E-state index contributed by atoms with van der Waals surface area (Å²) in [5.41, 5.74) is 2.42. The number of rotatable bonds is 4. The van der Waals surface area contributed by atoms with Crippen molar-refractivity contribution in [2.75, 3.05) is 51.8 Å². The highest BCUT2D eigenvalue weighted by molar-refractivity contribution is 5.82. The average Bonchev–Trinajstić information content (AvgIpc) is 2.64. The number of nitrogens with zero attached hydrogens (tertiary/aromatic N) is 3. The number of benzene rings is 1. The van der Waals surface area contributed by atoms with Crippen LogP contribution in [0.25, 0.3) is 0 Å². The van der Waals surface area contributed by atoms with Gasteiger partial charge in [-0.1, -0.05) is 24.6 Å². The summed E-state index contributed by atoms with van der Waals surface area (Å²) in [6.07, 6.45) is 3.51. The highest BCUT2D eigenvalue weighted by Crippen LogP contribution is 2.43. The van der Waals surface area contributed by atoms with Gasteiger partial charge in [0.15, 0.2) is 0 Å². The van der Waals surface area contributed by atoms with E-state index in [1.165, 1.54) is 11.3 Å². The molecule has 152 valence electrons. The van der Waals surface area contributed by atoms with Gasteiger partial charge < -0.3 is 19.4 Å². The molecule has 1 saturated heterocycles. The summed E-state index contributed by atoms with van der Waals surface area (Å²) < 4.78 is 5.22. The molecule has 0 N–H and O–H groups in total. The monoisotopic (exact) mass is 385 g/mol. The van der Waals surface area contributed by atoms with Gasteiger partial charge in [-0.25, -0.2) is 0 Å². The maximum Gasteiger partial charge on any atom is 0.226 e. The van der Waals surface area contributed by atoms with Crippen LogP contribution in [0.15, 0.2) is 24.3 Å². The predicted molar refractivity (Wildman–Crippen MR) is 108 cm³/mol. The maximum absolute atomic E-state index is 13.3. The summed E-state index contributed by atoms with van der Waals surface area (Å²) in [6.45, 7) is 3.17. The third-order valence-electron chi connectivity index (χ3n) is 6.63. The fourth-order valence-corrected chi connectivity index (χ4v) is 4.92. The van der Waals surface area contributed by atoms with Gasteiger partial charge in [0.2, 0.25) is 11.8 Å². The number of hydrogen-bond acceptors (Lipinski definition) is 4. The minimum atomic E-state index is 0.0404. The lowest BCUT2D eigenvalue weighted by molar-refractivity contribution is -0.146. The Hall–Kier alpha value is -2.08. The molecule has 0 unspecified atom stereocenters. The first-order chi connectivity index (χ1) is 13.6. The summed E-state index contributed by atoms with van der Waals surface area (Å²) >= 11 is 0. The van der Waals surface area contributed by atoms with Crippen LogP contribution in [0.2, 0.25) is 0 Å². The van der Waals surface area contributed by atoms with Crippen molar-refractivity contribution in [2.45, 2.75) is 31.7 Å². The Labute approximate surface area is 167 Å². The minimum Gasteiger partial charge on any atom is -0.383 e. The average molecular weight is 386 g/mol. The van der Waals surface area contributed by atoms with Gasteiger partial charge in [-0.3, -0.25) is 9.59 Å². The van der Waals surface area contributed by atoms with Crippen LogP contribution >= 0.6 is 0 Å². The van der Waals surface area contributed by atoms with Crippen molar-refractivity contribution in [1.29, 1.82) is 0 Å². The lowest BCUT2D eigenvalue weighted by Gasteiger charge is -2.48. The van der Waals surface area contributed by atoms with Gasteiger partial charge >= 0.3 is 0 Å². The largest absolute Gasteiger partial charge is 0.383 e. The number of carbonyl (C=O) groups is 2. The maximum atomic E-state index is 13.3. The molecule has 2 atom stereocenters. The number of fused-ring (bicyclic) bond motifs is 3. The zero-order valence-corrected chi connectivity index (χ0v) is 17.0. The van der Waals surface area contributed by atoms with Crippen LogP contribution in [0.1, 0.15) is 37.3 Å². The fraction of sp³-hybridized carbons (Fsp3) is 0.636. The van der Waals surface area contributed by atoms with E-state index in [9.17, 15) is 9.59 Å². The van der Waals surface area contributed by atoms with Crippen LogP contribution in [0.5, 0.6) is 0 Å². The van der Waals surface area contributed by atoms with E-state index in [2.05, 4.69) is 36.2 Å². The predicted octanol–water partition coefficient (Wildman–Crippen LogP) is 2.30. The molecule has 1 saturated carbocycles. The first kappa shape index (κ1) is 19.2. The number of hydrogen-bond donors (Lipinski definition) is 0. The Morgan fingerprint density at radius 2 is 2.00 bits per heavy atom. The molecule has 2 heterocycles. The van der Waals surface area contributed by atoms with E-state index < -0.39 is 0 Å². The summed E-state index contributed by atoms with van der Waals surface area (Å²) in [5.74, 6) is 0.721. The van der Waals surface area contributed by atoms with Crippen molar-refractivity contribution in [2.24, 2.45) is 11.8 Å². The van der Waals surface area contributed by atoms with Crippen molar-refractivity contribution < 1.29 is 14.3 Å². The molecule has 0 radical (unpaired) electrons. The molecule has 2 amide bonds. The fourth-order valence-electron chi connectivity index (χ4n) is 4.92. The molecule has 0 aromatic heterocycles. The van der Waals surface area contributed by atoms with Gasteiger partial charge in [-0.05, 0) is 24.5 Å². The second kappa shape index (κ2) is 8.11. The smallest absolute Gasteiger partial charge is 0.226 e. The molecule has 28 heavy (non-hydrogen) atoms. The Morgan fingerprint density at radius 1 is 1.21 bits per heavy atom. The van der Waals surface area contributed by atoms with E-state index in [4.69, 9.17) is 4.74 Å². The molecule has 4 rings (SSSR count). The van der Waals surface area contributed by atoms with Gasteiger partial charge in [0.1, 0.15) is 0 Å². The normalized spacial score (nSPS) is 25.5. The van der Waals surface area contributed by atoms with E-state index in [0.29, 0.717) is 32.7 Å². The molecule has 0 spiro atoms. The number of anilines is 1.